The van der Waals surface area contributed by atoms with Gasteiger partial charge < -0.3 is 4.74 Å². The SMILES string of the molecule is CCOc1ccccc1N(Cc1nc2nc(C)cc(=O)n2[nH]1)C(=O)c1ccc(Cl)cc1. The Morgan fingerprint density at radius 3 is 2.65 bits per heavy atom. The Morgan fingerprint density at radius 1 is 1.16 bits per heavy atom. The number of nitrogens with zero attached hydrogens (tertiary/aromatic N) is 4. The molecular formula is C22H20ClN5O3. The van der Waals surface area contributed by atoms with Crippen molar-refractivity contribution in [3.63, 3.8) is 0 Å². The van der Waals surface area contributed by atoms with Crippen molar-refractivity contribution in [1.82, 2.24) is 19.6 Å². The lowest BCUT2D eigenvalue weighted by Gasteiger charge is -2.24. The minimum absolute atomic E-state index is 0.0768. The summed E-state index contributed by atoms with van der Waals surface area (Å²) in [5.74, 6) is 0.955. The lowest BCUT2D eigenvalue weighted by Crippen LogP contribution is -2.31. The highest BCUT2D eigenvalue weighted by Crippen LogP contribution is 2.30. The van der Waals surface area contributed by atoms with E-state index in [2.05, 4.69) is 15.1 Å². The van der Waals surface area contributed by atoms with Gasteiger partial charge in [0.05, 0.1) is 18.8 Å². The van der Waals surface area contributed by atoms with Crippen molar-refractivity contribution < 1.29 is 9.53 Å². The molecule has 4 aromatic rings. The summed E-state index contributed by atoms with van der Waals surface area (Å²) in [7, 11) is 0. The Balaban J connectivity index is 1.79. The highest BCUT2D eigenvalue weighted by atomic mass is 35.5. The number of fused-ring (bicyclic) bond motifs is 1. The van der Waals surface area contributed by atoms with Crippen LogP contribution >= 0.6 is 11.6 Å². The first kappa shape index (κ1) is 20.6. The number of carbonyl (C=O) groups is 1. The van der Waals surface area contributed by atoms with Crippen molar-refractivity contribution in [3.05, 3.63) is 87.1 Å². The fourth-order valence-corrected chi connectivity index (χ4v) is 3.36. The second-order valence-corrected chi connectivity index (χ2v) is 7.28. The summed E-state index contributed by atoms with van der Waals surface area (Å²) in [4.78, 5) is 35.9. The van der Waals surface area contributed by atoms with Gasteiger partial charge in [-0.1, -0.05) is 23.7 Å². The van der Waals surface area contributed by atoms with E-state index in [9.17, 15) is 9.59 Å². The maximum absolute atomic E-state index is 13.5. The van der Waals surface area contributed by atoms with Crippen molar-refractivity contribution >= 4 is 29.0 Å². The van der Waals surface area contributed by atoms with Crippen LogP contribution in [-0.4, -0.2) is 32.1 Å². The molecule has 2 aromatic heterocycles. The molecule has 0 saturated carbocycles. The first-order chi connectivity index (χ1) is 15.0. The Bertz CT molecular complexity index is 1300. The number of halogens is 1. The largest absolute Gasteiger partial charge is 0.492 e. The molecule has 2 heterocycles. The van der Waals surface area contributed by atoms with Crippen molar-refractivity contribution in [2.45, 2.75) is 20.4 Å². The topological polar surface area (TPSA) is 92.6 Å². The van der Waals surface area contributed by atoms with Gasteiger partial charge in [-0.15, -0.1) is 0 Å². The van der Waals surface area contributed by atoms with Gasteiger partial charge >= 0.3 is 0 Å². The van der Waals surface area contributed by atoms with Gasteiger partial charge in [0, 0.05) is 22.3 Å². The molecule has 1 N–H and O–H groups in total. The molecule has 8 nitrogen and oxygen atoms in total. The molecule has 0 unspecified atom stereocenters. The van der Waals surface area contributed by atoms with E-state index in [1.807, 2.05) is 19.1 Å². The highest BCUT2D eigenvalue weighted by Gasteiger charge is 2.23. The van der Waals surface area contributed by atoms with Crippen LogP contribution in [0.1, 0.15) is 28.8 Å². The van der Waals surface area contributed by atoms with Crippen LogP contribution in [0.25, 0.3) is 5.78 Å². The smallest absolute Gasteiger partial charge is 0.274 e. The summed E-state index contributed by atoms with van der Waals surface area (Å²) in [6, 6.07) is 15.3. The predicted molar refractivity (Wildman–Crippen MR) is 118 cm³/mol. The predicted octanol–water partition coefficient (Wildman–Crippen LogP) is 3.63. The Labute approximate surface area is 183 Å². The molecule has 0 bridgehead atoms. The highest BCUT2D eigenvalue weighted by molar-refractivity contribution is 6.30. The van der Waals surface area contributed by atoms with E-state index in [-0.39, 0.29) is 23.8 Å². The second-order valence-electron chi connectivity index (χ2n) is 6.84. The van der Waals surface area contributed by atoms with Crippen LogP contribution in [0.5, 0.6) is 5.75 Å². The number of aryl methyl sites for hydroxylation is 1. The van der Waals surface area contributed by atoms with E-state index >= 15 is 0 Å². The number of hydrogen-bond acceptors (Lipinski definition) is 5. The van der Waals surface area contributed by atoms with E-state index in [0.717, 1.165) is 0 Å². The van der Waals surface area contributed by atoms with Gasteiger partial charge in [-0.2, -0.15) is 9.50 Å². The zero-order valence-electron chi connectivity index (χ0n) is 17.0. The van der Waals surface area contributed by atoms with E-state index in [1.165, 1.54) is 10.6 Å². The zero-order valence-corrected chi connectivity index (χ0v) is 17.8. The number of hydrogen-bond donors (Lipinski definition) is 1. The van der Waals surface area contributed by atoms with Gasteiger partial charge in [0.15, 0.2) is 0 Å². The van der Waals surface area contributed by atoms with Crippen LogP contribution in [0.15, 0.2) is 59.4 Å². The quantitative estimate of drug-likeness (QED) is 0.497. The number of nitrogens with one attached hydrogen (secondary N) is 1. The van der Waals surface area contributed by atoms with Crippen LogP contribution in [0, 0.1) is 6.92 Å². The summed E-state index contributed by atoms with van der Waals surface area (Å²) in [6.07, 6.45) is 0. The third-order valence-electron chi connectivity index (χ3n) is 4.61. The average Bonchev–Trinajstić information content (AvgIpc) is 3.16. The number of para-hydroxylation sites is 2. The maximum atomic E-state index is 13.5. The number of carbonyl (C=O) groups excluding carboxylic acids is 1. The first-order valence-corrected chi connectivity index (χ1v) is 10.1. The summed E-state index contributed by atoms with van der Waals surface area (Å²) in [5.41, 5.74) is 1.34. The summed E-state index contributed by atoms with van der Waals surface area (Å²) in [6.45, 7) is 4.13. The fraction of sp³-hybridized carbons (Fsp3) is 0.182. The van der Waals surface area contributed by atoms with Crippen LogP contribution in [0.4, 0.5) is 5.69 Å². The monoisotopic (exact) mass is 437 g/mol. The number of anilines is 1. The van der Waals surface area contributed by atoms with E-state index in [1.54, 1.807) is 48.2 Å². The number of aromatic nitrogens is 4. The molecule has 158 valence electrons. The van der Waals surface area contributed by atoms with Crippen LogP contribution in [0.3, 0.4) is 0 Å². The number of ether oxygens (including phenoxy) is 1. The molecule has 0 aliphatic rings. The molecule has 0 radical (unpaired) electrons. The number of aromatic amines is 1. The van der Waals surface area contributed by atoms with Crippen LogP contribution < -0.4 is 15.2 Å². The van der Waals surface area contributed by atoms with Crippen LogP contribution in [-0.2, 0) is 6.54 Å². The molecule has 0 fully saturated rings. The number of H-pyrrole nitrogens is 1. The lowest BCUT2D eigenvalue weighted by molar-refractivity contribution is 0.0983. The normalized spacial score (nSPS) is 10.9. The van der Waals surface area contributed by atoms with E-state index in [0.29, 0.717) is 40.1 Å². The molecule has 4 rings (SSSR count). The molecule has 0 atom stereocenters. The molecule has 9 heteroatoms. The van der Waals surface area contributed by atoms with Gasteiger partial charge in [0.2, 0.25) is 0 Å². The summed E-state index contributed by atoms with van der Waals surface area (Å²) in [5, 5.41) is 3.47. The minimum atomic E-state index is -0.272. The average molecular weight is 438 g/mol. The third-order valence-corrected chi connectivity index (χ3v) is 4.86. The van der Waals surface area contributed by atoms with Gasteiger partial charge in [0.1, 0.15) is 11.6 Å². The zero-order chi connectivity index (χ0) is 22.0. The number of amides is 1. The third kappa shape index (κ3) is 4.29. The van der Waals surface area contributed by atoms with Gasteiger partial charge in [-0.05, 0) is 50.2 Å². The Hall–Kier alpha value is -3.65. The standard InChI is InChI=1S/C22H20ClN5O3/c1-3-31-18-7-5-4-6-17(18)27(21(30)15-8-10-16(23)11-9-15)13-19-25-22-24-14(2)12-20(29)28(22)26-19/h4-12H,3,13H2,1-2H3,(H,24,25,26). The molecule has 0 aliphatic heterocycles. The number of benzene rings is 2. The minimum Gasteiger partial charge on any atom is -0.492 e. The molecular weight excluding hydrogens is 418 g/mol. The maximum Gasteiger partial charge on any atom is 0.274 e. The fourth-order valence-electron chi connectivity index (χ4n) is 3.23. The molecule has 0 aliphatic carbocycles. The Morgan fingerprint density at radius 2 is 1.90 bits per heavy atom. The molecule has 1 amide bonds. The molecule has 2 aromatic carbocycles. The lowest BCUT2D eigenvalue weighted by atomic mass is 10.1. The van der Waals surface area contributed by atoms with Gasteiger partial charge in [-0.25, -0.2) is 4.98 Å². The van der Waals surface area contributed by atoms with Crippen molar-refractivity contribution in [1.29, 1.82) is 0 Å². The first-order valence-electron chi connectivity index (χ1n) is 9.71. The van der Waals surface area contributed by atoms with E-state index < -0.39 is 0 Å². The van der Waals surface area contributed by atoms with Crippen molar-refractivity contribution in [2.24, 2.45) is 0 Å². The summed E-state index contributed by atoms with van der Waals surface area (Å²) < 4.78 is 6.99. The second kappa shape index (κ2) is 8.61. The number of rotatable bonds is 6. The Kier molecular flexibility index (Phi) is 5.73. The van der Waals surface area contributed by atoms with Gasteiger partial charge in [0.25, 0.3) is 17.2 Å². The van der Waals surface area contributed by atoms with Crippen LogP contribution in [0.2, 0.25) is 5.02 Å². The van der Waals surface area contributed by atoms with Crippen molar-refractivity contribution in [2.75, 3.05) is 11.5 Å². The molecule has 31 heavy (non-hydrogen) atoms. The summed E-state index contributed by atoms with van der Waals surface area (Å²) >= 11 is 5.98. The van der Waals surface area contributed by atoms with E-state index in [4.69, 9.17) is 16.3 Å². The van der Waals surface area contributed by atoms with Crippen molar-refractivity contribution in [3.8, 4) is 5.75 Å². The van der Waals surface area contributed by atoms with Gasteiger partial charge in [-0.3, -0.25) is 19.6 Å². The molecule has 0 saturated heterocycles. The molecule has 0 spiro atoms.